The van der Waals surface area contributed by atoms with Gasteiger partial charge in [0.05, 0.1) is 18.2 Å². The maximum absolute atomic E-state index is 9.97. The molecule has 3 aromatic rings. The fourth-order valence-corrected chi connectivity index (χ4v) is 3.04. The van der Waals surface area contributed by atoms with Crippen molar-refractivity contribution in [2.45, 2.75) is 0 Å². The Labute approximate surface area is 150 Å². The number of rotatable bonds is 3. The first-order valence-electron chi connectivity index (χ1n) is 8.05. The third-order valence-corrected chi connectivity index (χ3v) is 4.51. The zero-order valence-electron chi connectivity index (χ0n) is 13.4. The Balaban J connectivity index is 1.55. The number of aromatic hydroxyl groups is 1. The Morgan fingerprint density at radius 1 is 1.08 bits per heavy atom. The van der Waals surface area contributed by atoms with E-state index in [4.69, 9.17) is 16.3 Å². The molecular formula is C18H17ClN4O2. The summed E-state index contributed by atoms with van der Waals surface area (Å²) in [6.07, 6.45) is 1.61. The van der Waals surface area contributed by atoms with Crippen LogP contribution in [0.4, 0.5) is 17.3 Å². The average Bonchev–Trinajstić information content (AvgIpc) is 2.66. The Hall–Kier alpha value is -2.57. The molecule has 2 aromatic carbocycles. The summed E-state index contributed by atoms with van der Waals surface area (Å²) >= 11 is 6.11. The zero-order valence-corrected chi connectivity index (χ0v) is 14.2. The predicted octanol–water partition coefficient (Wildman–Crippen LogP) is 3.57. The molecule has 1 aliphatic rings. The van der Waals surface area contributed by atoms with E-state index in [2.05, 4.69) is 32.3 Å². The van der Waals surface area contributed by atoms with Crippen molar-refractivity contribution in [2.24, 2.45) is 0 Å². The van der Waals surface area contributed by atoms with Crippen molar-refractivity contribution >= 4 is 39.8 Å². The molecule has 128 valence electrons. The van der Waals surface area contributed by atoms with Crippen LogP contribution in [0.5, 0.6) is 5.75 Å². The molecular weight excluding hydrogens is 340 g/mol. The van der Waals surface area contributed by atoms with E-state index in [9.17, 15) is 5.11 Å². The van der Waals surface area contributed by atoms with Crippen molar-refractivity contribution < 1.29 is 9.84 Å². The van der Waals surface area contributed by atoms with Gasteiger partial charge in [-0.3, -0.25) is 0 Å². The van der Waals surface area contributed by atoms with Crippen LogP contribution in [-0.4, -0.2) is 41.4 Å². The summed E-state index contributed by atoms with van der Waals surface area (Å²) in [4.78, 5) is 10.9. The largest absolute Gasteiger partial charge is 0.506 e. The number of fused-ring (bicyclic) bond motifs is 1. The van der Waals surface area contributed by atoms with Gasteiger partial charge in [-0.25, -0.2) is 9.97 Å². The topological polar surface area (TPSA) is 70.5 Å². The SMILES string of the molecule is Oc1ccc(Cl)c2cnc(Nc3ccc(N4CCOCC4)cc3)nc12. The first kappa shape index (κ1) is 15.9. The third kappa shape index (κ3) is 3.31. The number of phenols is 1. The number of phenolic OH excluding ortho intramolecular Hbond substituents is 1. The zero-order chi connectivity index (χ0) is 17.2. The van der Waals surface area contributed by atoms with E-state index in [1.165, 1.54) is 6.07 Å². The van der Waals surface area contributed by atoms with Gasteiger partial charge in [0.25, 0.3) is 0 Å². The number of anilines is 3. The molecule has 1 aromatic heterocycles. The van der Waals surface area contributed by atoms with Crippen molar-refractivity contribution in [2.75, 3.05) is 36.5 Å². The number of halogens is 1. The molecule has 0 spiro atoms. The fraction of sp³-hybridized carbons (Fsp3) is 0.222. The molecule has 25 heavy (non-hydrogen) atoms. The molecule has 0 radical (unpaired) electrons. The lowest BCUT2D eigenvalue weighted by Gasteiger charge is -2.28. The number of hydrogen-bond acceptors (Lipinski definition) is 6. The Morgan fingerprint density at radius 3 is 2.60 bits per heavy atom. The lowest BCUT2D eigenvalue weighted by Crippen LogP contribution is -2.36. The summed E-state index contributed by atoms with van der Waals surface area (Å²) in [5.41, 5.74) is 2.46. The van der Waals surface area contributed by atoms with Crippen molar-refractivity contribution in [1.82, 2.24) is 9.97 Å². The Kier molecular flexibility index (Phi) is 4.29. The number of ether oxygens (including phenoxy) is 1. The van der Waals surface area contributed by atoms with Gasteiger partial charge in [0.15, 0.2) is 0 Å². The Morgan fingerprint density at radius 2 is 1.84 bits per heavy atom. The predicted molar refractivity (Wildman–Crippen MR) is 99.0 cm³/mol. The van der Waals surface area contributed by atoms with Gasteiger partial charge < -0.3 is 20.1 Å². The molecule has 0 bridgehead atoms. The summed E-state index contributed by atoms with van der Waals surface area (Å²) in [6, 6.07) is 11.2. The summed E-state index contributed by atoms with van der Waals surface area (Å²) < 4.78 is 5.38. The molecule has 2 N–H and O–H groups in total. The molecule has 7 heteroatoms. The van der Waals surface area contributed by atoms with E-state index < -0.39 is 0 Å². The first-order valence-corrected chi connectivity index (χ1v) is 8.42. The molecule has 1 aliphatic heterocycles. The molecule has 0 unspecified atom stereocenters. The van der Waals surface area contributed by atoms with Gasteiger partial charge in [0.2, 0.25) is 5.95 Å². The minimum Gasteiger partial charge on any atom is -0.506 e. The molecule has 0 amide bonds. The second kappa shape index (κ2) is 6.74. The second-order valence-corrected chi connectivity index (χ2v) is 6.20. The van der Waals surface area contributed by atoms with Crippen LogP contribution in [0.2, 0.25) is 5.02 Å². The van der Waals surface area contributed by atoms with Gasteiger partial charge in [-0.05, 0) is 36.4 Å². The number of morpholine rings is 1. The normalized spacial score (nSPS) is 14.7. The summed E-state index contributed by atoms with van der Waals surface area (Å²) in [7, 11) is 0. The van der Waals surface area contributed by atoms with Crippen molar-refractivity contribution in [3.8, 4) is 5.75 Å². The molecule has 0 aliphatic carbocycles. The number of aromatic nitrogens is 2. The van der Waals surface area contributed by atoms with E-state index in [0.717, 1.165) is 37.7 Å². The standard InChI is InChI=1S/C18H17ClN4O2/c19-15-5-6-16(24)17-14(15)11-20-18(22-17)21-12-1-3-13(4-2-12)23-7-9-25-10-8-23/h1-6,11,24H,7-10H2,(H,20,21,22). The monoisotopic (exact) mass is 356 g/mol. The van der Waals surface area contributed by atoms with Gasteiger partial charge in [-0.2, -0.15) is 0 Å². The van der Waals surface area contributed by atoms with Crippen molar-refractivity contribution in [1.29, 1.82) is 0 Å². The highest BCUT2D eigenvalue weighted by Gasteiger charge is 2.11. The molecule has 0 saturated carbocycles. The molecule has 0 atom stereocenters. The Bertz CT molecular complexity index is 895. The van der Waals surface area contributed by atoms with Gasteiger partial charge in [-0.15, -0.1) is 0 Å². The van der Waals surface area contributed by atoms with Crippen LogP contribution >= 0.6 is 11.6 Å². The number of benzene rings is 2. The van der Waals surface area contributed by atoms with E-state index in [0.29, 0.717) is 21.9 Å². The summed E-state index contributed by atoms with van der Waals surface area (Å²) in [6.45, 7) is 3.33. The van der Waals surface area contributed by atoms with E-state index >= 15 is 0 Å². The van der Waals surface area contributed by atoms with Gasteiger partial charge >= 0.3 is 0 Å². The van der Waals surface area contributed by atoms with Crippen molar-refractivity contribution in [3.63, 3.8) is 0 Å². The highest BCUT2D eigenvalue weighted by atomic mass is 35.5. The van der Waals surface area contributed by atoms with Gasteiger partial charge in [-0.1, -0.05) is 11.6 Å². The van der Waals surface area contributed by atoms with Crippen LogP contribution < -0.4 is 10.2 Å². The van der Waals surface area contributed by atoms with Crippen LogP contribution in [0, 0.1) is 0 Å². The molecule has 1 fully saturated rings. The van der Waals surface area contributed by atoms with Crippen LogP contribution in [0.15, 0.2) is 42.6 Å². The lowest BCUT2D eigenvalue weighted by molar-refractivity contribution is 0.122. The lowest BCUT2D eigenvalue weighted by atomic mass is 10.2. The molecule has 4 rings (SSSR count). The molecule has 6 nitrogen and oxygen atoms in total. The van der Waals surface area contributed by atoms with E-state index in [-0.39, 0.29) is 5.75 Å². The quantitative estimate of drug-likeness (QED) is 0.747. The van der Waals surface area contributed by atoms with E-state index in [1.54, 1.807) is 12.3 Å². The smallest absolute Gasteiger partial charge is 0.227 e. The highest BCUT2D eigenvalue weighted by Crippen LogP contribution is 2.30. The van der Waals surface area contributed by atoms with Gasteiger partial charge in [0.1, 0.15) is 11.3 Å². The number of nitrogens with one attached hydrogen (secondary N) is 1. The second-order valence-electron chi connectivity index (χ2n) is 5.79. The maximum Gasteiger partial charge on any atom is 0.227 e. The maximum atomic E-state index is 9.97. The number of hydrogen-bond donors (Lipinski definition) is 2. The number of nitrogens with zero attached hydrogens (tertiary/aromatic N) is 3. The minimum absolute atomic E-state index is 0.0764. The molecule has 1 saturated heterocycles. The fourth-order valence-electron chi connectivity index (χ4n) is 2.84. The minimum atomic E-state index is 0.0764. The first-order chi connectivity index (χ1) is 12.2. The van der Waals surface area contributed by atoms with Crippen LogP contribution in [0.3, 0.4) is 0 Å². The average molecular weight is 357 g/mol. The van der Waals surface area contributed by atoms with Crippen LogP contribution in [0.1, 0.15) is 0 Å². The summed E-state index contributed by atoms with van der Waals surface area (Å²) in [5, 5.41) is 14.3. The van der Waals surface area contributed by atoms with Crippen LogP contribution in [-0.2, 0) is 4.74 Å². The van der Waals surface area contributed by atoms with Crippen LogP contribution in [0.25, 0.3) is 10.9 Å². The summed E-state index contributed by atoms with van der Waals surface area (Å²) in [5.74, 6) is 0.483. The van der Waals surface area contributed by atoms with E-state index in [1.807, 2.05) is 12.1 Å². The highest BCUT2D eigenvalue weighted by molar-refractivity contribution is 6.35. The van der Waals surface area contributed by atoms with Crippen molar-refractivity contribution in [3.05, 3.63) is 47.6 Å². The molecule has 2 heterocycles. The third-order valence-electron chi connectivity index (χ3n) is 4.18. The van der Waals surface area contributed by atoms with Gasteiger partial charge in [0, 0.05) is 36.0 Å².